The Bertz CT molecular complexity index is 663. The third-order valence-electron chi connectivity index (χ3n) is 2.47. The summed E-state index contributed by atoms with van der Waals surface area (Å²) in [4.78, 5) is 14.8. The van der Waals surface area contributed by atoms with Crippen molar-refractivity contribution in [3.8, 4) is 0 Å². The Morgan fingerprint density at radius 3 is 2.74 bits per heavy atom. The van der Waals surface area contributed by atoms with E-state index in [2.05, 4.69) is 41.6 Å². The van der Waals surface area contributed by atoms with Crippen molar-refractivity contribution < 1.29 is 0 Å². The molecule has 2 rings (SSSR count). The van der Waals surface area contributed by atoms with Gasteiger partial charge in [0, 0.05) is 4.47 Å². The van der Waals surface area contributed by atoms with E-state index in [0.29, 0.717) is 11.5 Å². The smallest absolute Gasteiger partial charge is 0.259 e. The van der Waals surface area contributed by atoms with E-state index >= 15 is 0 Å². The van der Waals surface area contributed by atoms with E-state index in [1.165, 1.54) is 0 Å². The summed E-state index contributed by atoms with van der Waals surface area (Å²) in [5.74, 6) is 0.347. The van der Waals surface area contributed by atoms with Crippen LogP contribution in [0.1, 0.15) is 18.2 Å². The maximum atomic E-state index is 11.1. The van der Waals surface area contributed by atoms with Crippen LogP contribution in [-0.4, -0.2) is 20.9 Å². The number of benzene rings is 1. The Morgan fingerprint density at radius 2 is 2.05 bits per heavy atom. The summed E-state index contributed by atoms with van der Waals surface area (Å²) in [6, 6.07) is 7.77. The second-order valence-corrected chi connectivity index (χ2v) is 4.81. The molecule has 1 heterocycles. The minimum absolute atomic E-state index is 0.347. The van der Waals surface area contributed by atoms with Crippen LogP contribution in [0.2, 0.25) is 0 Å². The fourth-order valence-corrected chi connectivity index (χ4v) is 1.65. The molecule has 0 saturated heterocycles. The number of aromatic amines is 1. The SMILES string of the molecule is C/C(=N\Nc1nc(=O)[nH]nc1C)c1ccc(Br)cc1. The van der Waals surface area contributed by atoms with E-state index in [1.54, 1.807) is 6.92 Å². The van der Waals surface area contributed by atoms with Crippen molar-refractivity contribution in [1.82, 2.24) is 15.2 Å². The molecule has 0 bridgehead atoms. The van der Waals surface area contributed by atoms with E-state index in [9.17, 15) is 4.79 Å². The number of aryl methyl sites for hydroxylation is 1. The normalized spacial score (nSPS) is 11.4. The van der Waals surface area contributed by atoms with Gasteiger partial charge in [0.05, 0.1) is 5.71 Å². The van der Waals surface area contributed by atoms with Gasteiger partial charge >= 0.3 is 5.69 Å². The molecular weight excluding hydrogens is 310 g/mol. The third kappa shape index (κ3) is 3.47. The molecule has 0 saturated carbocycles. The summed E-state index contributed by atoms with van der Waals surface area (Å²) in [5, 5.41) is 10.3. The fourth-order valence-electron chi connectivity index (χ4n) is 1.39. The number of hydrogen-bond donors (Lipinski definition) is 2. The van der Waals surface area contributed by atoms with Gasteiger partial charge in [0.1, 0.15) is 5.69 Å². The molecule has 0 aliphatic rings. The highest BCUT2D eigenvalue weighted by atomic mass is 79.9. The van der Waals surface area contributed by atoms with Crippen LogP contribution < -0.4 is 11.1 Å². The van der Waals surface area contributed by atoms with Crippen LogP contribution in [-0.2, 0) is 0 Å². The Balaban J connectivity index is 2.20. The van der Waals surface area contributed by atoms with Gasteiger partial charge in [-0.2, -0.15) is 15.2 Å². The van der Waals surface area contributed by atoms with Crippen molar-refractivity contribution in [2.24, 2.45) is 5.10 Å². The Labute approximate surface area is 118 Å². The third-order valence-corrected chi connectivity index (χ3v) is 3.00. The highest BCUT2D eigenvalue weighted by molar-refractivity contribution is 9.10. The van der Waals surface area contributed by atoms with Crippen molar-refractivity contribution >= 4 is 27.5 Å². The highest BCUT2D eigenvalue weighted by Gasteiger charge is 2.02. The first kappa shape index (κ1) is 13.4. The van der Waals surface area contributed by atoms with Gasteiger partial charge in [0.25, 0.3) is 0 Å². The van der Waals surface area contributed by atoms with Gasteiger partial charge in [-0.15, -0.1) is 0 Å². The molecule has 0 amide bonds. The molecule has 98 valence electrons. The molecule has 2 aromatic rings. The number of H-pyrrole nitrogens is 1. The van der Waals surface area contributed by atoms with Crippen LogP contribution in [0, 0.1) is 6.92 Å². The van der Waals surface area contributed by atoms with E-state index in [4.69, 9.17) is 0 Å². The summed E-state index contributed by atoms with van der Waals surface area (Å²) in [6.45, 7) is 3.60. The lowest BCUT2D eigenvalue weighted by atomic mass is 10.1. The average Bonchev–Trinajstić information content (AvgIpc) is 2.40. The molecule has 19 heavy (non-hydrogen) atoms. The molecule has 1 aromatic carbocycles. The Morgan fingerprint density at radius 1 is 1.37 bits per heavy atom. The minimum atomic E-state index is -0.510. The molecule has 0 radical (unpaired) electrons. The summed E-state index contributed by atoms with van der Waals surface area (Å²) in [7, 11) is 0. The van der Waals surface area contributed by atoms with Crippen molar-refractivity contribution in [2.75, 3.05) is 5.43 Å². The maximum Gasteiger partial charge on any atom is 0.363 e. The van der Waals surface area contributed by atoms with Gasteiger partial charge < -0.3 is 0 Å². The lowest BCUT2D eigenvalue weighted by Gasteiger charge is -2.04. The summed E-state index contributed by atoms with van der Waals surface area (Å²) < 4.78 is 1.01. The van der Waals surface area contributed by atoms with Gasteiger partial charge in [-0.25, -0.2) is 9.89 Å². The molecule has 0 unspecified atom stereocenters. The lowest BCUT2D eigenvalue weighted by Crippen LogP contribution is -2.16. The van der Waals surface area contributed by atoms with Crippen molar-refractivity contribution in [3.05, 3.63) is 50.5 Å². The number of halogens is 1. The second-order valence-electron chi connectivity index (χ2n) is 3.89. The number of anilines is 1. The summed E-state index contributed by atoms with van der Waals surface area (Å²) in [5.41, 5.74) is 4.58. The zero-order valence-electron chi connectivity index (χ0n) is 10.4. The molecule has 6 nitrogen and oxygen atoms in total. The molecule has 0 aliphatic heterocycles. The summed E-state index contributed by atoms with van der Waals surface area (Å²) >= 11 is 3.38. The standard InChI is InChI=1S/C12H12BrN5O/c1-7(9-3-5-10(13)6-4-9)15-17-11-8(2)16-18-12(19)14-11/h3-6H,1-2H3,(H2,14,17,18,19)/b15-7+. The first-order valence-corrected chi connectivity index (χ1v) is 6.35. The zero-order chi connectivity index (χ0) is 13.8. The topological polar surface area (TPSA) is 83.0 Å². The number of hydrazone groups is 1. The largest absolute Gasteiger partial charge is 0.363 e. The molecular formula is C12H12BrN5O. The van der Waals surface area contributed by atoms with Crippen LogP contribution in [0.3, 0.4) is 0 Å². The van der Waals surface area contributed by atoms with Crippen LogP contribution in [0.15, 0.2) is 38.6 Å². The molecule has 0 atom stereocenters. The number of aromatic nitrogens is 3. The number of hydrogen-bond acceptors (Lipinski definition) is 5. The minimum Gasteiger partial charge on any atom is -0.259 e. The van der Waals surface area contributed by atoms with Crippen LogP contribution in [0.25, 0.3) is 0 Å². The molecule has 7 heteroatoms. The van der Waals surface area contributed by atoms with E-state index in [-0.39, 0.29) is 0 Å². The van der Waals surface area contributed by atoms with E-state index in [0.717, 1.165) is 15.7 Å². The first-order chi connectivity index (χ1) is 9.06. The molecule has 0 spiro atoms. The molecule has 1 aromatic heterocycles. The first-order valence-electron chi connectivity index (χ1n) is 5.56. The summed E-state index contributed by atoms with van der Waals surface area (Å²) in [6.07, 6.45) is 0. The van der Waals surface area contributed by atoms with Gasteiger partial charge in [-0.3, -0.25) is 5.43 Å². The van der Waals surface area contributed by atoms with Gasteiger partial charge in [0.2, 0.25) is 0 Å². The van der Waals surface area contributed by atoms with Gasteiger partial charge in [-0.1, -0.05) is 28.1 Å². The quantitative estimate of drug-likeness (QED) is 0.669. The Kier molecular flexibility index (Phi) is 4.06. The number of rotatable bonds is 3. The van der Waals surface area contributed by atoms with Crippen LogP contribution in [0.5, 0.6) is 0 Å². The van der Waals surface area contributed by atoms with Gasteiger partial charge in [0.15, 0.2) is 5.82 Å². The molecule has 2 N–H and O–H groups in total. The molecule has 0 fully saturated rings. The molecule has 0 aliphatic carbocycles. The zero-order valence-corrected chi connectivity index (χ0v) is 12.0. The van der Waals surface area contributed by atoms with Crippen molar-refractivity contribution in [3.63, 3.8) is 0 Å². The highest BCUT2D eigenvalue weighted by Crippen LogP contribution is 2.11. The van der Waals surface area contributed by atoms with Crippen molar-refractivity contribution in [1.29, 1.82) is 0 Å². The van der Waals surface area contributed by atoms with Crippen molar-refractivity contribution in [2.45, 2.75) is 13.8 Å². The number of nitrogens with zero attached hydrogens (tertiary/aromatic N) is 3. The van der Waals surface area contributed by atoms with Gasteiger partial charge in [-0.05, 0) is 31.5 Å². The van der Waals surface area contributed by atoms with E-state index < -0.39 is 5.69 Å². The predicted octanol–water partition coefficient (Wildman–Crippen LogP) is 2.07. The average molecular weight is 322 g/mol. The van der Waals surface area contributed by atoms with Crippen LogP contribution >= 0.6 is 15.9 Å². The predicted molar refractivity (Wildman–Crippen MR) is 77.4 cm³/mol. The Hall–Kier alpha value is -2.02. The van der Waals surface area contributed by atoms with Crippen LogP contribution in [0.4, 0.5) is 5.82 Å². The fraction of sp³-hybridized carbons (Fsp3) is 0.167. The van der Waals surface area contributed by atoms with E-state index in [1.807, 2.05) is 31.2 Å². The monoisotopic (exact) mass is 321 g/mol. The maximum absolute atomic E-state index is 11.1. The number of nitrogens with one attached hydrogen (secondary N) is 2. The second kappa shape index (κ2) is 5.75. The lowest BCUT2D eigenvalue weighted by molar-refractivity contribution is 0.879.